The summed E-state index contributed by atoms with van der Waals surface area (Å²) in [5.74, 6) is -0.831. The number of ether oxygens (including phenoxy) is 2. The van der Waals surface area contributed by atoms with Gasteiger partial charge in [-0.25, -0.2) is 4.39 Å². The van der Waals surface area contributed by atoms with Gasteiger partial charge in [-0.05, 0) is 28.8 Å². The highest BCUT2D eigenvalue weighted by molar-refractivity contribution is 9.10. The summed E-state index contributed by atoms with van der Waals surface area (Å²) in [6.45, 7) is 0.735. The van der Waals surface area contributed by atoms with Crippen LogP contribution in [0.5, 0.6) is 11.5 Å². The zero-order valence-corrected chi connectivity index (χ0v) is 11.6. The summed E-state index contributed by atoms with van der Waals surface area (Å²) in [5, 5.41) is 9.43. The zero-order chi connectivity index (χ0) is 13.6. The molecule has 0 atom stereocenters. The van der Waals surface area contributed by atoms with Crippen molar-refractivity contribution in [3.05, 3.63) is 21.9 Å². The summed E-state index contributed by atoms with van der Waals surface area (Å²) in [6, 6.07) is 1.22. The van der Waals surface area contributed by atoms with E-state index in [0.29, 0.717) is 42.0 Å². The lowest BCUT2D eigenvalue weighted by atomic mass is 9.64. The lowest BCUT2D eigenvalue weighted by Gasteiger charge is -2.39. The molecule has 1 saturated carbocycles. The molecule has 0 aromatic heterocycles. The molecule has 102 valence electrons. The van der Waals surface area contributed by atoms with Crippen molar-refractivity contribution in [3.63, 3.8) is 0 Å². The van der Waals surface area contributed by atoms with Crippen molar-refractivity contribution in [3.8, 4) is 11.5 Å². The van der Waals surface area contributed by atoms with Gasteiger partial charge in [0.1, 0.15) is 19.0 Å². The first-order valence-corrected chi connectivity index (χ1v) is 6.87. The quantitative estimate of drug-likeness (QED) is 0.905. The monoisotopic (exact) mass is 330 g/mol. The summed E-state index contributed by atoms with van der Waals surface area (Å²) in [7, 11) is 0. The van der Waals surface area contributed by atoms with E-state index in [-0.39, 0.29) is 5.56 Å². The summed E-state index contributed by atoms with van der Waals surface area (Å²) in [4.78, 5) is 11.5. The number of fused-ring (bicyclic) bond motifs is 1. The average molecular weight is 331 g/mol. The number of rotatable bonds is 2. The minimum atomic E-state index is -1.14. The molecule has 0 unspecified atom stereocenters. The number of aliphatic carboxylic acids is 1. The van der Waals surface area contributed by atoms with Crippen molar-refractivity contribution in [2.45, 2.75) is 24.7 Å². The Kier molecular flexibility index (Phi) is 2.92. The minimum Gasteiger partial charge on any atom is -0.486 e. The minimum absolute atomic E-state index is 0.176. The van der Waals surface area contributed by atoms with Crippen LogP contribution in [0.2, 0.25) is 0 Å². The fourth-order valence-electron chi connectivity index (χ4n) is 2.66. The molecule has 6 heteroatoms. The van der Waals surface area contributed by atoms with Crippen molar-refractivity contribution in [2.24, 2.45) is 0 Å². The van der Waals surface area contributed by atoms with Crippen LogP contribution in [0, 0.1) is 5.82 Å². The average Bonchev–Trinajstić information content (AvgIpc) is 2.31. The molecular weight excluding hydrogens is 319 g/mol. The van der Waals surface area contributed by atoms with E-state index < -0.39 is 17.2 Å². The Bertz CT molecular complexity index is 554. The maximum atomic E-state index is 14.3. The van der Waals surface area contributed by atoms with Crippen LogP contribution in [0.15, 0.2) is 10.5 Å². The molecule has 19 heavy (non-hydrogen) atoms. The first kappa shape index (κ1) is 12.7. The topological polar surface area (TPSA) is 55.8 Å². The van der Waals surface area contributed by atoms with Crippen molar-refractivity contribution in [1.29, 1.82) is 0 Å². The standard InChI is InChI=1S/C13H12BrFO4/c14-10-9(13(12(16)17)2-1-3-13)7(15)6-8-11(10)19-5-4-18-8/h6H,1-5H2,(H,16,17). The van der Waals surface area contributed by atoms with Gasteiger partial charge in [-0.1, -0.05) is 6.42 Å². The molecule has 0 radical (unpaired) electrons. The molecule has 4 nitrogen and oxygen atoms in total. The largest absolute Gasteiger partial charge is 0.486 e. The number of halogens is 2. The number of benzene rings is 1. The highest BCUT2D eigenvalue weighted by Gasteiger charge is 2.49. The Morgan fingerprint density at radius 1 is 1.37 bits per heavy atom. The van der Waals surface area contributed by atoms with Crippen molar-refractivity contribution >= 4 is 21.9 Å². The molecule has 0 bridgehead atoms. The van der Waals surface area contributed by atoms with Crippen LogP contribution >= 0.6 is 15.9 Å². The third-order valence-corrected chi connectivity index (χ3v) is 4.58. The fourth-order valence-corrected chi connectivity index (χ4v) is 3.53. The van der Waals surface area contributed by atoms with Gasteiger partial charge >= 0.3 is 5.97 Å². The van der Waals surface area contributed by atoms with E-state index >= 15 is 0 Å². The van der Waals surface area contributed by atoms with Crippen molar-refractivity contribution in [1.82, 2.24) is 0 Å². The molecular formula is C13H12BrFO4. The summed E-state index contributed by atoms with van der Waals surface area (Å²) >= 11 is 3.29. The SMILES string of the molecule is O=C(O)C1(c2c(F)cc3c(c2Br)OCCO3)CCC1. The van der Waals surface area contributed by atoms with E-state index in [0.717, 1.165) is 6.42 Å². The zero-order valence-electron chi connectivity index (χ0n) is 10.0. The van der Waals surface area contributed by atoms with Crippen LogP contribution in [0.3, 0.4) is 0 Å². The lowest BCUT2D eigenvalue weighted by molar-refractivity contribution is -0.147. The van der Waals surface area contributed by atoms with Crippen molar-refractivity contribution < 1.29 is 23.8 Å². The molecule has 1 aliphatic carbocycles. The molecule has 1 N–H and O–H groups in total. The van der Waals surface area contributed by atoms with E-state index in [2.05, 4.69) is 15.9 Å². The van der Waals surface area contributed by atoms with E-state index in [1.807, 2.05) is 0 Å². The van der Waals surface area contributed by atoms with Crippen molar-refractivity contribution in [2.75, 3.05) is 13.2 Å². The predicted molar refractivity (Wildman–Crippen MR) is 68.3 cm³/mol. The number of hydrogen-bond donors (Lipinski definition) is 1. The number of hydrogen-bond acceptors (Lipinski definition) is 3. The molecule has 0 saturated heterocycles. The number of carboxylic acid groups (broad SMARTS) is 1. The number of carboxylic acids is 1. The molecule has 0 amide bonds. The van der Waals surface area contributed by atoms with E-state index in [4.69, 9.17) is 9.47 Å². The molecule has 3 rings (SSSR count). The van der Waals surface area contributed by atoms with Crippen LogP contribution in [-0.4, -0.2) is 24.3 Å². The lowest BCUT2D eigenvalue weighted by Crippen LogP contribution is -2.43. The van der Waals surface area contributed by atoms with Crippen LogP contribution in [0.1, 0.15) is 24.8 Å². The van der Waals surface area contributed by atoms with Crippen LogP contribution in [0.25, 0.3) is 0 Å². The second-order valence-electron chi connectivity index (χ2n) is 4.81. The molecule has 1 aromatic carbocycles. The highest BCUT2D eigenvalue weighted by atomic mass is 79.9. The normalized spacial score (nSPS) is 19.7. The Hall–Kier alpha value is -1.30. The predicted octanol–water partition coefficient (Wildman–Crippen LogP) is 2.87. The highest BCUT2D eigenvalue weighted by Crippen LogP contribution is 2.52. The van der Waals surface area contributed by atoms with Gasteiger partial charge in [0.15, 0.2) is 11.5 Å². The molecule has 1 aromatic rings. The molecule has 1 fully saturated rings. The van der Waals surface area contributed by atoms with Crippen LogP contribution in [-0.2, 0) is 10.2 Å². The first-order valence-electron chi connectivity index (χ1n) is 6.08. The molecule has 1 heterocycles. The van der Waals surface area contributed by atoms with Crippen LogP contribution < -0.4 is 9.47 Å². The number of carbonyl (C=O) groups is 1. The van der Waals surface area contributed by atoms with Crippen LogP contribution in [0.4, 0.5) is 4.39 Å². The maximum Gasteiger partial charge on any atom is 0.314 e. The van der Waals surface area contributed by atoms with Gasteiger partial charge < -0.3 is 14.6 Å². The van der Waals surface area contributed by atoms with Gasteiger partial charge in [0.25, 0.3) is 0 Å². The molecule has 0 spiro atoms. The Labute approximate surface area is 117 Å². The van der Waals surface area contributed by atoms with E-state index in [9.17, 15) is 14.3 Å². The Balaban J connectivity index is 2.19. The maximum absolute atomic E-state index is 14.3. The first-order chi connectivity index (χ1) is 9.06. The van der Waals surface area contributed by atoms with Gasteiger partial charge in [0.2, 0.25) is 0 Å². The Morgan fingerprint density at radius 3 is 2.63 bits per heavy atom. The van der Waals surface area contributed by atoms with Gasteiger partial charge in [-0.15, -0.1) is 0 Å². The van der Waals surface area contributed by atoms with Gasteiger partial charge in [0, 0.05) is 11.6 Å². The third kappa shape index (κ3) is 1.73. The summed E-state index contributed by atoms with van der Waals surface area (Å²) in [6.07, 6.45) is 1.67. The summed E-state index contributed by atoms with van der Waals surface area (Å²) in [5.41, 5.74) is -0.964. The smallest absolute Gasteiger partial charge is 0.314 e. The van der Waals surface area contributed by atoms with Gasteiger partial charge in [-0.3, -0.25) is 4.79 Å². The molecule has 2 aliphatic rings. The molecule has 1 aliphatic heterocycles. The second kappa shape index (κ2) is 4.37. The van der Waals surface area contributed by atoms with E-state index in [1.54, 1.807) is 0 Å². The van der Waals surface area contributed by atoms with Gasteiger partial charge in [-0.2, -0.15) is 0 Å². The van der Waals surface area contributed by atoms with E-state index in [1.165, 1.54) is 6.07 Å². The second-order valence-corrected chi connectivity index (χ2v) is 5.61. The Morgan fingerprint density at radius 2 is 2.05 bits per heavy atom. The fraction of sp³-hybridized carbons (Fsp3) is 0.462. The third-order valence-electron chi connectivity index (χ3n) is 3.82. The van der Waals surface area contributed by atoms with Gasteiger partial charge in [0.05, 0.1) is 9.89 Å². The summed E-state index contributed by atoms with van der Waals surface area (Å²) < 4.78 is 25.4.